The smallest absolute Gasteiger partial charge is 0.329 e. The first kappa shape index (κ1) is 14.2. The third kappa shape index (κ3) is 2.44. The highest BCUT2D eigenvalue weighted by atomic mass is 35.5. The Balaban J connectivity index is 2.41. The molecule has 0 bridgehead atoms. The maximum atomic E-state index is 11.9. The van der Waals surface area contributed by atoms with Crippen molar-refractivity contribution in [1.29, 1.82) is 0 Å². The molecule has 4 heteroatoms. The van der Waals surface area contributed by atoms with Crippen LogP contribution in [0.4, 0.5) is 5.69 Å². The number of rotatable bonds is 3. The van der Waals surface area contributed by atoms with Crippen LogP contribution in [0.2, 0.25) is 5.02 Å². The summed E-state index contributed by atoms with van der Waals surface area (Å²) in [6.07, 6.45) is 3.52. The molecule has 3 nitrogen and oxygen atoms in total. The second kappa shape index (κ2) is 5.04. The largest absolute Gasteiger partial charge is 0.479 e. The molecule has 0 aromatic heterocycles. The Morgan fingerprint density at radius 3 is 2.47 bits per heavy atom. The molecule has 0 spiro atoms. The number of halogens is 1. The first-order valence-electron chi connectivity index (χ1n) is 6.65. The average Bonchev–Trinajstić information content (AvgIpc) is 2.34. The number of hydrogen-bond donors (Lipinski definition) is 2. The second-order valence-corrected chi connectivity index (χ2v) is 6.31. The van der Waals surface area contributed by atoms with Gasteiger partial charge in [-0.15, -0.1) is 0 Å². The van der Waals surface area contributed by atoms with Crippen molar-refractivity contribution >= 4 is 23.3 Å². The molecule has 1 aromatic carbocycles. The van der Waals surface area contributed by atoms with Gasteiger partial charge in [-0.25, -0.2) is 4.79 Å². The molecule has 0 heterocycles. The zero-order valence-electron chi connectivity index (χ0n) is 11.4. The van der Waals surface area contributed by atoms with Gasteiger partial charge < -0.3 is 10.4 Å². The molecule has 0 aliphatic heterocycles. The molecule has 2 N–H and O–H groups in total. The van der Waals surface area contributed by atoms with Crippen LogP contribution >= 0.6 is 11.6 Å². The summed E-state index contributed by atoms with van der Waals surface area (Å²) in [6.45, 7) is 4.04. The van der Waals surface area contributed by atoms with Crippen LogP contribution in [0.1, 0.15) is 39.5 Å². The Morgan fingerprint density at radius 2 is 1.89 bits per heavy atom. The van der Waals surface area contributed by atoms with Crippen molar-refractivity contribution in [3.8, 4) is 0 Å². The number of nitrogens with one attached hydrogen (secondary N) is 1. The molecule has 1 aliphatic rings. The lowest BCUT2D eigenvalue weighted by molar-refractivity contribution is -0.148. The molecular weight excluding hydrogens is 262 g/mol. The monoisotopic (exact) mass is 281 g/mol. The van der Waals surface area contributed by atoms with Gasteiger partial charge in [0.1, 0.15) is 5.54 Å². The fourth-order valence-electron chi connectivity index (χ4n) is 2.98. The number of aliphatic carboxylic acids is 1. The third-order valence-electron chi connectivity index (χ3n) is 4.35. The number of carbonyl (C=O) groups is 1. The molecule has 1 atom stereocenters. The van der Waals surface area contributed by atoms with Crippen molar-refractivity contribution in [3.63, 3.8) is 0 Å². The van der Waals surface area contributed by atoms with E-state index in [1.54, 1.807) is 6.07 Å². The van der Waals surface area contributed by atoms with E-state index in [1.807, 2.05) is 32.0 Å². The normalized spacial score (nSPS) is 25.8. The number of para-hydroxylation sites is 1. The van der Waals surface area contributed by atoms with Gasteiger partial charge in [-0.05, 0) is 30.4 Å². The average molecular weight is 282 g/mol. The SMILES string of the molecule is CC1(C)CCCCC1(Nc1ccccc1Cl)C(=O)O. The van der Waals surface area contributed by atoms with Gasteiger partial charge >= 0.3 is 5.97 Å². The summed E-state index contributed by atoms with van der Waals surface area (Å²) in [5.41, 5.74) is -0.562. The Morgan fingerprint density at radius 1 is 1.26 bits per heavy atom. The summed E-state index contributed by atoms with van der Waals surface area (Å²) in [4.78, 5) is 11.9. The summed E-state index contributed by atoms with van der Waals surface area (Å²) in [6, 6.07) is 7.31. The zero-order chi connectivity index (χ0) is 14.1. The van der Waals surface area contributed by atoms with Crippen molar-refractivity contribution in [3.05, 3.63) is 29.3 Å². The number of carboxylic acids is 1. The fourth-order valence-corrected chi connectivity index (χ4v) is 3.17. The summed E-state index contributed by atoms with van der Waals surface area (Å²) >= 11 is 6.15. The number of anilines is 1. The van der Waals surface area contributed by atoms with Crippen LogP contribution in [0.25, 0.3) is 0 Å². The van der Waals surface area contributed by atoms with E-state index in [0.29, 0.717) is 17.1 Å². The standard InChI is InChI=1S/C15H20ClNO2/c1-14(2)9-5-6-10-15(14,13(18)19)17-12-8-4-3-7-11(12)16/h3-4,7-8,17H,5-6,9-10H2,1-2H3,(H,18,19). The van der Waals surface area contributed by atoms with E-state index >= 15 is 0 Å². The topological polar surface area (TPSA) is 49.3 Å². The van der Waals surface area contributed by atoms with Crippen LogP contribution < -0.4 is 5.32 Å². The molecule has 104 valence electrons. The lowest BCUT2D eigenvalue weighted by atomic mass is 9.63. The highest BCUT2D eigenvalue weighted by Crippen LogP contribution is 2.46. The summed E-state index contributed by atoms with van der Waals surface area (Å²) in [5, 5.41) is 13.6. The molecule has 0 amide bonds. The number of hydrogen-bond acceptors (Lipinski definition) is 2. The Labute approximate surface area is 119 Å². The van der Waals surface area contributed by atoms with Crippen molar-refractivity contribution in [2.24, 2.45) is 5.41 Å². The van der Waals surface area contributed by atoms with Crippen LogP contribution in [-0.4, -0.2) is 16.6 Å². The second-order valence-electron chi connectivity index (χ2n) is 5.91. The Bertz CT molecular complexity index is 487. The lowest BCUT2D eigenvalue weighted by Crippen LogP contribution is -2.59. The van der Waals surface area contributed by atoms with E-state index in [9.17, 15) is 9.90 Å². The van der Waals surface area contributed by atoms with E-state index < -0.39 is 11.5 Å². The maximum Gasteiger partial charge on any atom is 0.329 e. The van der Waals surface area contributed by atoms with E-state index in [-0.39, 0.29) is 5.41 Å². The molecular formula is C15H20ClNO2. The van der Waals surface area contributed by atoms with Gasteiger partial charge in [0.05, 0.1) is 10.7 Å². The zero-order valence-corrected chi connectivity index (χ0v) is 12.1. The first-order valence-corrected chi connectivity index (χ1v) is 7.03. The van der Waals surface area contributed by atoms with Crippen molar-refractivity contribution in [2.75, 3.05) is 5.32 Å². The fraction of sp³-hybridized carbons (Fsp3) is 0.533. The third-order valence-corrected chi connectivity index (χ3v) is 4.68. The maximum absolute atomic E-state index is 11.9. The quantitative estimate of drug-likeness (QED) is 0.874. The molecule has 1 unspecified atom stereocenters. The molecule has 19 heavy (non-hydrogen) atoms. The molecule has 1 aromatic rings. The summed E-state index contributed by atoms with van der Waals surface area (Å²) in [5.74, 6) is -0.794. The van der Waals surface area contributed by atoms with Gasteiger partial charge in [-0.1, -0.05) is 50.4 Å². The van der Waals surface area contributed by atoms with Gasteiger partial charge in [0.15, 0.2) is 0 Å². The van der Waals surface area contributed by atoms with Crippen molar-refractivity contribution in [1.82, 2.24) is 0 Å². The Kier molecular flexibility index (Phi) is 3.77. The first-order chi connectivity index (χ1) is 8.89. The summed E-state index contributed by atoms with van der Waals surface area (Å²) in [7, 11) is 0. The van der Waals surface area contributed by atoms with Crippen LogP contribution in [-0.2, 0) is 4.79 Å². The van der Waals surface area contributed by atoms with Gasteiger partial charge in [0, 0.05) is 0 Å². The molecule has 0 radical (unpaired) electrons. The van der Waals surface area contributed by atoms with Crippen molar-refractivity contribution < 1.29 is 9.90 Å². The van der Waals surface area contributed by atoms with E-state index in [4.69, 9.17) is 11.6 Å². The predicted octanol–water partition coefficient (Wildman–Crippen LogP) is 4.18. The summed E-state index contributed by atoms with van der Waals surface area (Å²) < 4.78 is 0. The van der Waals surface area contributed by atoms with Crippen LogP contribution in [0, 0.1) is 5.41 Å². The minimum atomic E-state index is -0.948. The van der Waals surface area contributed by atoms with E-state index in [1.165, 1.54) is 0 Å². The minimum absolute atomic E-state index is 0.309. The lowest BCUT2D eigenvalue weighted by Gasteiger charge is -2.48. The van der Waals surface area contributed by atoms with Gasteiger partial charge in [-0.3, -0.25) is 0 Å². The van der Waals surface area contributed by atoms with Gasteiger partial charge in [0.25, 0.3) is 0 Å². The number of benzene rings is 1. The van der Waals surface area contributed by atoms with Crippen molar-refractivity contribution in [2.45, 2.75) is 45.1 Å². The molecule has 1 fully saturated rings. The number of carboxylic acid groups (broad SMARTS) is 1. The molecule has 1 aliphatic carbocycles. The van der Waals surface area contributed by atoms with E-state index in [2.05, 4.69) is 5.32 Å². The Hall–Kier alpha value is -1.22. The van der Waals surface area contributed by atoms with Crippen LogP contribution in [0.3, 0.4) is 0 Å². The van der Waals surface area contributed by atoms with Crippen LogP contribution in [0.15, 0.2) is 24.3 Å². The highest BCUT2D eigenvalue weighted by molar-refractivity contribution is 6.33. The molecule has 0 saturated heterocycles. The molecule has 2 rings (SSSR count). The minimum Gasteiger partial charge on any atom is -0.479 e. The predicted molar refractivity (Wildman–Crippen MR) is 77.7 cm³/mol. The van der Waals surface area contributed by atoms with Gasteiger partial charge in [0.2, 0.25) is 0 Å². The van der Waals surface area contributed by atoms with E-state index in [0.717, 1.165) is 19.3 Å². The van der Waals surface area contributed by atoms with Crippen LogP contribution in [0.5, 0.6) is 0 Å². The van der Waals surface area contributed by atoms with Gasteiger partial charge in [-0.2, -0.15) is 0 Å². The molecule has 1 saturated carbocycles. The highest BCUT2D eigenvalue weighted by Gasteiger charge is 2.52.